The minimum Gasteiger partial charge on any atom is -0.303 e. The normalized spacial score (nSPS) is 27.8. The summed E-state index contributed by atoms with van der Waals surface area (Å²) in [5.41, 5.74) is 0.779. The molecule has 0 radical (unpaired) electrons. The molecule has 0 atom stereocenters. The molecule has 0 bridgehead atoms. The molecule has 0 unspecified atom stereocenters. The lowest BCUT2D eigenvalue weighted by Crippen LogP contribution is -2.28. The third-order valence-electron chi connectivity index (χ3n) is 4.59. The van der Waals surface area contributed by atoms with Gasteiger partial charge >= 0.3 is 0 Å². The molecule has 0 aromatic carbocycles. The van der Waals surface area contributed by atoms with Crippen LogP contribution in [0.1, 0.15) is 64.7 Å². The zero-order valence-corrected chi connectivity index (χ0v) is 10.4. The summed E-state index contributed by atoms with van der Waals surface area (Å²) in [6.07, 6.45) is 13.4. The molecule has 1 saturated carbocycles. The van der Waals surface area contributed by atoms with Crippen LogP contribution < -0.4 is 0 Å². The predicted molar refractivity (Wildman–Crippen MR) is 66.1 cm³/mol. The number of rotatable bonds is 2. The van der Waals surface area contributed by atoms with Crippen molar-refractivity contribution in [3.63, 3.8) is 0 Å². The molecule has 0 aromatic rings. The molecule has 1 heteroatoms. The maximum atomic E-state index is 2.70. The molecule has 0 N–H and O–H groups in total. The van der Waals surface area contributed by atoms with Crippen LogP contribution >= 0.6 is 0 Å². The van der Waals surface area contributed by atoms with E-state index in [2.05, 4.69) is 11.8 Å². The molecular formula is C14H27N. The fraction of sp³-hybridized carbons (Fsp3) is 1.00. The Kier molecular flexibility index (Phi) is 4.07. The van der Waals surface area contributed by atoms with E-state index >= 15 is 0 Å². The van der Waals surface area contributed by atoms with Gasteiger partial charge in [0, 0.05) is 0 Å². The second kappa shape index (κ2) is 5.34. The van der Waals surface area contributed by atoms with E-state index in [1.54, 1.807) is 0 Å². The molecule has 1 saturated heterocycles. The molecule has 88 valence electrons. The van der Waals surface area contributed by atoms with Gasteiger partial charge in [-0.1, -0.05) is 26.2 Å². The highest BCUT2D eigenvalue weighted by atomic mass is 15.1. The summed E-state index contributed by atoms with van der Waals surface area (Å²) in [6, 6.07) is 0. The van der Waals surface area contributed by atoms with E-state index in [4.69, 9.17) is 0 Å². The summed E-state index contributed by atoms with van der Waals surface area (Å²) >= 11 is 0. The van der Waals surface area contributed by atoms with Crippen molar-refractivity contribution >= 4 is 0 Å². The SMILES string of the molecule is CCCN1CCCC2(CCCCC2)CC1. The van der Waals surface area contributed by atoms with E-state index in [1.807, 2.05) is 0 Å². The molecule has 0 aromatic heterocycles. The molecule has 1 nitrogen and oxygen atoms in total. The first-order valence-corrected chi connectivity index (χ1v) is 7.07. The van der Waals surface area contributed by atoms with Gasteiger partial charge in [-0.25, -0.2) is 0 Å². The van der Waals surface area contributed by atoms with Crippen molar-refractivity contribution < 1.29 is 0 Å². The molecule has 1 aliphatic carbocycles. The Balaban J connectivity index is 1.87. The minimum atomic E-state index is 0.779. The first-order valence-electron chi connectivity index (χ1n) is 7.07. The molecular weight excluding hydrogens is 182 g/mol. The first-order chi connectivity index (χ1) is 7.35. The largest absolute Gasteiger partial charge is 0.303 e. The van der Waals surface area contributed by atoms with Gasteiger partial charge in [-0.05, 0) is 63.6 Å². The zero-order chi connectivity index (χ0) is 10.6. The van der Waals surface area contributed by atoms with Crippen molar-refractivity contribution in [2.75, 3.05) is 19.6 Å². The monoisotopic (exact) mass is 209 g/mol. The average molecular weight is 209 g/mol. The summed E-state index contributed by atoms with van der Waals surface area (Å²) in [5.74, 6) is 0. The third-order valence-corrected chi connectivity index (χ3v) is 4.59. The van der Waals surface area contributed by atoms with Gasteiger partial charge < -0.3 is 4.90 Å². The van der Waals surface area contributed by atoms with Crippen LogP contribution in [-0.4, -0.2) is 24.5 Å². The van der Waals surface area contributed by atoms with Gasteiger partial charge in [-0.2, -0.15) is 0 Å². The van der Waals surface area contributed by atoms with Crippen molar-refractivity contribution in [2.24, 2.45) is 5.41 Å². The van der Waals surface area contributed by atoms with Gasteiger partial charge in [0.2, 0.25) is 0 Å². The van der Waals surface area contributed by atoms with Gasteiger partial charge in [0.25, 0.3) is 0 Å². The summed E-state index contributed by atoms with van der Waals surface area (Å²) in [6.45, 7) is 6.39. The van der Waals surface area contributed by atoms with E-state index in [1.165, 1.54) is 77.4 Å². The molecule has 2 rings (SSSR count). The number of hydrogen-bond acceptors (Lipinski definition) is 1. The van der Waals surface area contributed by atoms with Crippen molar-refractivity contribution in [1.82, 2.24) is 4.90 Å². The second-order valence-electron chi connectivity index (χ2n) is 5.76. The fourth-order valence-corrected chi connectivity index (χ4v) is 3.65. The van der Waals surface area contributed by atoms with Gasteiger partial charge in [-0.3, -0.25) is 0 Å². The Hall–Kier alpha value is -0.0400. The lowest BCUT2D eigenvalue weighted by molar-refractivity contribution is 0.157. The molecule has 15 heavy (non-hydrogen) atoms. The smallest absolute Gasteiger partial charge is 0.00134 e. The number of nitrogens with zero attached hydrogens (tertiary/aromatic N) is 1. The van der Waals surface area contributed by atoms with Crippen LogP contribution in [-0.2, 0) is 0 Å². The maximum Gasteiger partial charge on any atom is -0.00134 e. The van der Waals surface area contributed by atoms with Gasteiger partial charge in [0.05, 0.1) is 0 Å². The van der Waals surface area contributed by atoms with E-state index in [-0.39, 0.29) is 0 Å². The number of hydrogen-bond donors (Lipinski definition) is 0. The number of likely N-dealkylation sites (tertiary alicyclic amines) is 1. The molecule has 0 amide bonds. The van der Waals surface area contributed by atoms with Gasteiger partial charge in [-0.15, -0.1) is 0 Å². The fourth-order valence-electron chi connectivity index (χ4n) is 3.65. The standard InChI is InChI=1S/C14H27N/c1-2-11-15-12-6-9-14(10-13-15)7-4-3-5-8-14/h2-13H2,1H3. The second-order valence-corrected chi connectivity index (χ2v) is 5.76. The van der Waals surface area contributed by atoms with E-state index in [0.717, 1.165) is 5.41 Å². The minimum absolute atomic E-state index is 0.779. The Morgan fingerprint density at radius 2 is 1.60 bits per heavy atom. The Morgan fingerprint density at radius 1 is 0.867 bits per heavy atom. The zero-order valence-electron chi connectivity index (χ0n) is 10.4. The quantitative estimate of drug-likeness (QED) is 0.668. The molecule has 1 aliphatic heterocycles. The topological polar surface area (TPSA) is 3.24 Å². The summed E-state index contributed by atoms with van der Waals surface area (Å²) in [4.78, 5) is 2.70. The van der Waals surface area contributed by atoms with Crippen LogP contribution in [0.5, 0.6) is 0 Å². The van der Waals surface area contributed by atoms with Crippen LogP contribution in [0.3, 0.4) is 0 Å². The Morgan fingerprint density at radius 3 is 2.33 bits per heavy atom. The highest BCUT2D eigenvalue weighted by Crippen LogP contribution is 2.44. The summed E-state index contributed by atoms with van der Waals surface area (Å²) < 4.78 is 0. The van der Waals surface area contributed by atoms with Crippen LogP contribution in [0, 0.1) is 5.41 Å². The van der Waals surface area contributed by atoms with Gasteiger partial charge in [0.1, 0.15) is 0 Å². The highest BCUT2D eigenvalue weighted by Gasteiger charge is 2.33. The van der Waals surface area contributed by atoms with Crippen LogP contribution in [0.4, 0.5) is 0 Å². The van der Waals surface area contributed by atoms with Crippen molar-refractivity contribution in [2.45, 2.75) is 64.7 Å². The van der Waals surface area contributed by atoms with Crippen LogP contribution in [0.15, 0.2) is 0 Å². The molecule has 2 fully saturated rings. The predicted octanol–water partition coefficient (Wildman–Crippen LogP) is 3.83. The van der Waals surface area contributed by atoms with E-state index < -0.39 is 0 Å². The van der Waals surface area contributed by atoms with E-state index in [9.17, 15) is 0 Å². The molecule has 1 heterocycles. The van der Waals surface area contributed by atoms with Crippen molar-refractivity contribution in [3.05, 3.63) is 0 Å². The average Bonchev–Trinajstić information content (AvgIpc) is 2.44. The van der Waals surface area contributed by atoms with Crippen LogP contribution in [0.2, 0.25) is 0 Å². The Labute approximate surface area is 95.2 Å². The lowest BCUT2D eigenvalue weighted by atomic mass is 9.69. The van der Waals surface area contributed by atoms with E-state index in [0.29, 0.717) is 0 Å². The van der Waals surface area contributed by atoms with Crippen molar-refractivity contribution in [3.8, 4) is 0 Å². The van der Waals surface area contributed by atoms with Gasteiger partial charge in [0.15, 0.2) is 0 Å². The molecule has 1 spiro atoms. The molecule has 2 aliphatic rings. The first kappa shape index (κ1) is 11.4. The maximum absolute atomic E-state index is 2.70. The highest BCUT2D eigenvalue weighted by molar-refractivity contribution is 4.86. The summed E-state index contributed by atoms with van der Waals surface area (Å²) in [5, 5.41) is 0. The summed E-state index contributed by atoms with van der Waals surface area (Å²) in [7, 11) is 0. The lowest BCUT2D eigenvalue weighted by Gasteiger charge is -2.36. The van der Waals surface area contributed by atoms with Crippen molar-refractivity contribution in [1.29, 1.82) is 0 Å². The Bertz CT molecular complexity index is 182. The van der Waals surface area contributed by atoms with Crippen LogP contribution in [0.25, 0.3) is 0 Å². The third kappa shape index (κ3) is 2.96.